The lowest BCUT2D eigenvalue weighted by Crippen LogP contribution is -2.39. The maximum Gasteiger partial charge on any atom is 0.156 e. The van der Waals surface area contributed by atoms with Gasteiger partial charge in [0.25, 0.3) is 0 Å². The first-order valence-corrected chi connectivity index (χ1v) is 15.4. The number of carbonyl (C=O) groups is 1. The van der Waals surface area contributed by atoms with Crippen molar-refractivity contribution in [1.29, 1.82) is 0 Å². The highest BCUT2D eigenvalue weighted by Crippen LogP contribution is 2.38. The molecule has 0 amide bonds. The van der Waals surface area contributed by atoms with Gasteiger partial charge in [-0.2, -0.15) is 0 Å². The van der Waals surface area contributed by atoms with Crippen LogP contribution < -0.4 is 0 Å². The molecule has 190 valence electrons. The van der Waals surface area contributed by atoms with Crippen LogP contribution in [-0.4, -0.2) is 50.1 Å². The Hall–Kier alpha value is -0.460. The molecule has 4 aliphatic carbocycles. The fourth-order valence-electron chi connectivity index (χ4n) is 7.00. The van der Waals surface area contributed by atoms with Crippen LogP contribution in [0.2, 0.25) is 0 Å². The van der Waals surface area contributed by atoms with Gasteiger partial charge < -0.3 is 9.47 Å². The molecule has 0 radical (unpaired) electrons. The number of hydrogen-bond acceptors (Lipinski definition) is 5. The first-order valence-electron chi connectivity index (χ1n) is 13.8. The summed E-state index contributed by atoms with van der Waals surface area (Å²) in [5.74, 6) is 1.62. The van der Waals surface area contributed by atoms with Gasteiger partial charge in [-0.3, -0.25) is 4.79 Å². The predicted octanol–water partition coefficient (Wildman–Crippen LogP) is 5.64. The second-order valence-corrected chi connectivity index (χ2v) is 14.1. The summed E-state index contributed by atoms with van der Waals surface area (Å²) in [7, 11) is -1.22. The molecular formula is C27H46O5S. The van der Waals surface area contributed by atoms with E-state index in [4.69, 9.17) is 9.47 Å². The monoisotopic (exact) mass is 482 g/mol. The largest absolute Gasteiger partial charge is 0.381 e. The van der Waals surface area contributed by atoms with Gasteiger partial charge in [0.2, 0.25) is 0 Å². The minimum absolute atomic E-state index is 0.103. The summed E-state index contributed by atoms with van der Waals surface area (Å²) in [6, 6.07) is 0. The van der Waals surface area contributed by atoms with Crippen LogP contribution in [0.4, 0.5) is 0 Å². The highest BCUT2D eigenvalue weighted by molar-refractivity contribution is 7.92. The summed E-state index contributed by atoms with van der Waals surface area (Å²) in [5.41, 5.74) is 0. The lowest BCUT2D eigenvalue weighted by atomic mass is 9.75. The highest BCUT2D eigenvalue weighted by Gasteiger charge is 2.39. The standard InChI is InChI=1S/C27H46O5S/c1-19-3-15-25(16-4-19)33(29,30)26-17-13-24(14-18-26)32-23-11-7-21(8-12-23)27(28)20-5-9-22(31-2)10-6-20/h19-26H,3-18H2,1-2H3. The van der Waals surface area contributed by atoms with Crippen LogP contribution in [0.5, 0.6) is 0 Å². The smallest absolute Gasteiger partial charge is 0.156 e. The van der Waals surface area contributed by atoms with Gasteiger partial charge in [0, 0.05) is 18.9 Å². The third-order valence-corrected chi connectivity index (χ3v) is 12.2. The van der Waals surface area contributed by atoms with Crippen LogP contribution in [-0.2, 0) is 24.1 Å². The summed E-state index contributed by atoms with van der Waals surface area (Å²) in [6.45, 7) is 2.24. The molecule has 0 saturated heterocycles. The van der Waals surface area contributed by atoms with E-state index in [-0.39, 0.29) is 34.5 Å². The van der Waals surface area contributed by atoms with Crippen molar-refractivity contribution in [2.75, 3.05) is 7.11 Å². The normalized spacial score (nSPS) is 40.9. The fraction of sp³-hybridized carbons (Fsp3) is 0.963. The first kappa shape index (κ1) is 25.6. The quantitative estimate of drug-likeness (QED) is 0.470. The van der Waals surface area contributed by atoms with Crippen molar-refractivity contribution in [1.82, 2.24) is 0 Å². The lowest BCUT2D eigenvalue weighted by Gasteiger charge is -2.36. The fourth-order valence-corrected chi connectivity index (χ4v) is 9.40. The minimum atomic E-state index is -3.00. The van der Waals surface area contributed by atoms with Gasteiger partial charge in [0.15, 0.2) is 9.84 Å². The summed E-state index contributed by atoms with van der Waals surface area (Å²) >= 11 is 0. The Morgan fingerprint density at radius 2 is 1.00 bits per heavy atom. The van der Waals surface area contributed by atoms with E-state index in [0.29, 0.717) is 17.8 Å². The molecule has 4 rings (SSSR count). The third kappa shape index (κ3) is 6.41. The summed E-state index contributed by atoms with van der Waals surface area (Å²) < 4.78 is 38.1. The molecule has 0 aromatic heterocycles. The third-order valence-electron chi connectivity index (χ3n) is 9.38. The average molecular weight is 483 g/mol. The Bertz CT molecular complexity index is 718. The molecule has 0 aliphatic heterocycles. The number of rotatable bonds is 7. The van der Waals surface area contributed by atoms with Gasteiger partial charge in [-0.25, -0.2) is 8.42 Å². The molecule has 6 heteroatoms. The van der Waals surface area contributed by atoms with E-state index in [1.807, 2.05) is 0 Å². The van der Waals surface area contributed by atoms with Gasteiger partial charge >= 0.3 is 0 Å². The maximum absolute atomic E-state index is 13.1. The zero-order chi connectivity index (χ0) is 23.4. The zero-order valence-electron chi connectivity index (χ0n) is 20.9. The topological polar surface area (TPSA) is 69.7 Å². The van der Waals surface area contributed by atoms with E-state index < -0.39 is 9.84 Å². The van der Waals surface area contributed by atoms with Crippen molar-refractivity contribution in [3.63, 3.8) is 0 Å². The second-order valence-electron chi connectivity index (χ2n) is 11.6. The number of carbonyl (C=O) groups excluding carboxylic acids is 1. The van der Waals surface area contributed by atoms with Crippen LogP contribution >= 0.6 is 0 Å². The van der Waals surface area contributed by atoms with Crippen LogP contribution in [0.25, 0.3) is 0 Å². The number of Topliss-reactive ketones (excluding diaryl/α,β-unsaturated/α-hetero) is 1. The number of ketones is 1. The van der Waals surface area contributed by atoms with Gasteiger partial charge in [0.1, 0.15) is 5.78 Å². The number of hydrogen-bond donors (Lipinski definition) is 0. The molecule has 4 fully saturated rings. The molecule has 0 bridgehead atoms. The molecule has 0 aromatic rings. The Morgan fingerprint density at radius 3 is 1.45 bits per heavy atom. The molecule has 0 unspecified atom stereocenters. The zero-order valence-corrected chi connectivity index (χ0v) is 21.7. The molecule has 4 aliphatic rings. The van der Waals surface area contributed by atoms with E-state index in [0.717, 1.165) is 103 Å². The number of ether oxygens (including phenoxy) is 2. The molecule has 0 heterocycles. The van der Waals surface area contributed by atoms with E-state index >= 15 is 0 Å². The van der Waals surface area contributed by atoms with Crippen molar-refractivity contribution in [2.45, 2.75) is 138 Å². The Labute approximate surface area is 201 Å². The molecule has 5 nitrogen and oxygen atoms in total. The minimum Gasteiger partial charge on any atom is -0.381 e. The van der Waals surface area contributed by atoms with Crippen LogP contribution in [0, 0.1) is 17.8 Å². The second kappa shape index (κ2) is 11.5. The van der Waals surface area contributed by atoms with Gasteiger partial charge in [-0.15, -0.1) is 0 Å². The molecule has 0 aromatic carbocycles. The molecular weight excluding hydrogens is 436 g/mol. The molecule has 0 N–H and O–H groups in total. The van der Waals surface area contributed by atoms with Gasteiger partial charge in [-0.1, -0.05) is 6.92 Å². The Balaban J connectivity index is 1.16. The van der Waals surface area contributed by atoms with Crippen molar-refractivity contribution >= 4 is 15.6 Å². The van der Waals surface area contributed by atoms with Crippen LogP contribution in [0.15, 0.2) is 0 Å². The number of sulfone groups is 1. The van der Waals surface area contributed by atoms with Crippen molar-refractivity contribution in [3.8, 4) is 0 Å². The van der Waals surface area contributed by atoms with Crippen LogP contribution in [0.1, 0.15) is 110 Å². The van der Waals surface area contributed by atoms with Crippen LogP contribution in [0.3, 0.4) is 0 Å². The molecule has 0 spiro atoms. The van der Waals surface area contributed by atoms with Crippen molar-refractivity contribution < 1.29 is 22.7 Å². The molecule has 33 heavy (non-hydrogen) atoms. The van der Waals surface area contributed by atoms with Crippen molar-refractivity contribution in [2.24, 2.45) is 17.8 Å². The summed E-state index contributed by atoms with van der Waals surface area (Å²) in [6.07, 6.45) is 15.7. The Morgan fingerprint density at radius 1 is 0.606 bits per heavy atom. The molecule has 4 saturated carbocycles. The van der Waals surface area contributed by atoms with E-state index in [1.165, 1.54) is 0 Å². The highest BCUT2D eigenvalue weighted by atomic mass is 32.2. The lowest BCUT2D eigenvalue weighted by molar-refractivity contribution is -0.131. The average Bonchev–Trinajstić information content (AvgIpc) is 2.85. The van der Waals surface area contributed by atoms with Gasteiger partial charge in [-0.05, 0) is 109 Å². The van der Waals surface area contributed by atoms with E-state index in [9.17, 15) is 13.2 Å². The van der Waals surface area contributed by atoms with E-state index in [2.05, 4.69) is 6.92 Å². The number of methoxy groups -OCH3 is 1. The van der Waals surface area contributed by atoms with E-state index in [1.54, 1.807) is 7.11 Å². The van der Waals surface area contributed by atoms with Crippen molar-refractivity contribution in [3.05, 3.63) is 0 Å². The summed E-state index contributed by atoms with van der Waals surface area (Å²) in [4.78, 5) is 13.0. The predicted molar refractivity (Wildman–Crippen MR) is 131 cm³/mol. The molecule has 0 atom stereocenters. The summed E-state index contributed by atoms with van der Waals surface area (Å²) in [5, 5.41) is -0.258. The first-order chi connectivity index (χ1) is 15.9. The van der Waals surface area contributed by atoms with Gasteiger partial charge in [0.05, 0.1) is 28.8 Å². The SMILES string of the molecule is COC1CCC(C(=O)C2CCC(OC3CCC(S(=O)(=O)C4CCC(C)CC4)CC3)CC2)CC1. The Kier molecular flexibility index (Phi) is 8.94. The maximum atomic E-state index is 13.1.